The highest BCUT2D eigenvalue weighted by molar-refractivity contribution is 5.79. The van der Waals surface area contributed by atoms with E-state index in [1.165, 1.54) is 0 Å². The van der Waals surface area contributed by atoms with Gasteiger partial charge in [0, 0.05) is 5.56 Å². The number of benzene rings is 1. The normalized spacial score (nSPS) is 25.5. The number of phenols is 1. The largest absolute Gasteiger partial charge is 0.508 e. The molecule has 0 aromatic heterocycles. The molecule has 1 aliphatic heterocycles. The van der Waals surface area contributed by atoms with Gasteiger partial charge in [-0.3, -0.25) is 5.32 Å². The first-order valence-electron chi connectivity index (χ1n) is 4.80. The van der Waals surface area contributed by atoms with Gasteiger partial charge in [0.15, 0.2) is 5.96 Å². The zero-order chi connectivity index (χ0) is 10.8. The lowest BCUT2D eigenvalue weighted by Gasteiger charge is -2.27. The molecule has 5 N–H and O–H groups in total. The Morgan fingerprint density at radius 2 is 2.13 bits per heavy atom. The van der Waals surface area contributed by atoms with Gasteiger partial charge in [-0.15, -0.1) is 0 Å². The average molecular weight is 206 g/mol. The lowest BCUT2D eigenvalue weighted by atomic mass is 10.1. The zero-order valence-corrected chi connectivity index (χ0v) is 8.44. The van der Waals surface area contributed by atoms with Gasteiger partial charge < -0.3 is 16.2 Å². The predicted molar refractivity (Wildman–Crippen MR) is 58.2 cm³/mol. The summed E-state index contributed by atoms with van der Waals surface area (Å²) in [7, 11) is 0. The van der Waals surface area contributed by atoms with Crippen LogP contribution in [0.2, 0.25) is 0 Å². The number of hydrogen-bond acceptors (Lipinski definition) is 5. The second-order valence-corrected chi connectivity index (χ2v) is 3.51. The summed E-state index contributed by atoms with van der Waals surface area (Å²) in [4.78, 5) is 4.18. The van der Waals surface area contributed by atoms with Crippen LogP contribution in [0, 0.1) is 0 Å². The number of para-hydroxylation sites is 1. The summed E-state index contributed by atoms with van der Waals surface area (Å²) in [6.45, 7) is 1.94. The number of hydrogen-bond donors (Lipinski definition) is 4. The third kappa shape index (κ3) is 2.02. The standard InChI is InChI=1S/C10H14N4O/c1-6-12-9(14-10(11)13-6)7-4-2-3-5-8(7)15/h2-6,9,12,15H,1H3,(H3,11,13,14). The Hall–Kier alpha value is -1.75. The molecule has 5 nitrogen and oxygen atoms in total. The fourth-order valence-corrected chi connectivity index (χ4v) is 1.59. The van der Waals surface area contributed by atoms with Gasteiger partial charge in [0.1, 0.15) is 11.9 Å². The molecule has 1 aliphatic rings. The van der Waals surface area contributed by atoms with Gasteiger partial charge in [0.25, 0.3) is 0 Å². The molecule has 0 fully saturated rings. The van der Waals surface area contributed by atoms with E-state index in [0.29, 0.717) is 5.96 Å². The molecule has 2 atom stereocenters. The van der Waals surface area contributed by atoms with Crippen LogP contribution in [-0.4, -0.2) is 17.2 Å². The van der Waals surface area contributed by atoms with Crippen molar-refractivity contribution in [3.05, 3.63) is 29.8 Å². The molecule has 0 radical (unpaired) electrons. The molecular formula is C10H14N4O. The second-order valence-electron chi connectivity index (χ2n) is 3.51. The quantitative estimate of drug-likeness (QED) is 0.530. The van der Waals surface area contributed by atoms with Crippen LogP contribution in [0.25, 0.3) is 0 Å². The van der Waals surface area contributed by atoms with Crippen molar-refractivity contribution in [1.82, 2.24) is 10.6 Å². The molecule has 1 aromatic rings. The third-order valence-corrected chi connectivity index (χ3v) is 2.27. The van der Waals surface area contributed by atoms with Crippen LogP contribution in [0.3, 0.4) is 0 Å². The lowest BCUT2D eigenvalue weighted by molar-refractivity contribution is 0.399. The molecular weight excluding hydrogens is 192 g/mol. The smallest absolute Gasteiger partial charge is 0.191 e. The summed E-state index contributed by atoms with van der Waals surface area (Å²) >= 11 is 0. The Labute approximate surface area is 88.0 Å². The number of nitrogens with zero attached hydrogens (tertiary/aromatic N) is 1. The maximum Gasteiger partial charge on any atom is 0.191 e. The van der Waals surface area contributed by atoms with E-state index in [0.717, 1.165) is 5.56 Å². The van der Waals surface area contributed by atoms with Gasteiger partial charge in [-0.1, -0.05) is 18.2 Å². The topological polar surface area (TPSA) is 82.7 Å². The highest BCUT2D eigenvalue weighted by Crippen LogP contribution is 2.25. The number of phenolic OH excluding ortho intramolecular Hbond substituents is 1. The molecule has 2 rings (SSSR count). The van der Waals surface area contributed by atoms with Crippen LogP contribution in [0.4, 0.5) is 0 Å². The fourth-order valence-electron chi connectivity index (χ4n) is 1.59. The Kier molecular flexibility index (Phi) is 2.47. The van der Waals surface area contributed by atoms with Crippen LogP contribution in [-0.2, 0) is 0 Å². The highest BCUT2D eigenvalue weighted by Gasteiger charge is 2.20. The number of aliphatic imine (C=N–C) groups is 1. The van der Waals surface area contributed by atoms with Gasteiger partial charge in [0.2, 0.25) is 0 Å². The minimum atomic E-state index is -0.289. The van der Waals surface area contributed by atoms with Gasteiger partial charge in [-0.2, -0.15) is 0 Å². The molecule has 0 saturated carbocycles. The van der Waals surface area contributed by atoms with Crippen molar-refractivity contribution >= 4 is 5.96 Å². The molecule has 0 bridgehead atoms. The lowest BCUT2D eigenvalue weighted by Crippen LogP contribution is -2.52. The summed E-state index contributed by atoms with van der Waals surface area (Å²) in [6, 6.07) is 7.09. The number of rotatable bonds is 1. The van der Waals surface area contributed by atoms with Crippen molar-refractivity contribution in [2.45, 2.75) is 19.3 Å². The Balaban J connectivity index is 2.32. The molecule has 0 spiro atoms. The van der Waals surface area contributed by atoms with Gasteiger partial charge >= 0.3 is 0 Å². The summed E-state index contributed by atoms with van der Waals surface area (Å²) < 4.78 is 0. The average Bonchev–Trinajstić information content (AvgIpc) is 2.16. The van der Waals surface area contributed by atoms with Crippen molar-refractivity contribution in [3.8, 4) is 5.75 Å². The molecule has 80 valence electrons. The molecule has 0 aliphatic carbocycles. The van der Waals surface area contributed by atoms with Crippen LogP contribution in [0.5, 0.6) is 5.75 Å². The third-order valence-electron chi connectivity index (χ3n) is 2.27. The van der Waals surface area contributed by atoms with E-state index in [2.05, 4.69) is 15.6 Å². The zero-order valence-electron chi connectivity index (χ0n) is 8.44. The van der Waals surface area contributed by atoms with Gasteiger partial charge in [-0.05, 0) is 13.0 Å². The summed E-state index contributed by atoms with van der Waals surface area (Å²) in [5.41, 5.74) is 6.35. The number of nitrogens with one attached hydrogen (secondary N) is 2. The maximum atomic E-state index is 9.66. The number of nitrogens with two attached hydrogens (primary N) is 1. The molecule has 1 heterocycles. The van der Waals surface area contributed by atoms with Crippen LogP contribution >= 0.6 is 0 Å². The van der Waals surface area contributed by atoms with E-state index in [9.17, 15) is 5.11 Å². The molecule has 0 saturated heterocycles. The van der Waals surface area contributed by atoms with Crippen molar-refractivity contribution < 1.29 is 5.11 Å². The monoisotopic (exact) mass is 206 g/mol. The minimum absolute atomic E-state index is 0.0344. The molecule has 15 heavy (non-hydrogen) atoms. The Bertz CT molecular complexity index is 391. The number of guanidine groups is 1. The van der Waals surface area contributed by atoms with E-state index in [-0.39, 0.29) is 18.1 Å². The van der Waals surface area contributed by atoms with Gasteiger partial charge in [0.05, 0.1) is 6.17 Å². The first-order valence-corrected chi connectivity index (χ1v) is 4.80. The van der Waals surface area contributed by atoms with Crippen LogP contribution < -0.4 is 16.4 Å². The SMILES string of the molecule is CC1NC(N)=NC(c2ccccc2O)N1. The maximum absolute atomic E-state index is 9.66. The summed E-state index contributed by atoms with van der Waals surface area (Å²) in [6.07, 6.45) is -0.255. The van der Waals surface area contributed by atoms with E-state index in [4.69, 9.17) is 5.73 Å². The van der Waals surface area contributed by atoms with Crippen molar-refractivity contribution in [2.75, 3.05) is 0 Å². The van der Waals surface area contributed by atoms with Crippen LogP contribution in [0.15, 0.2) is 29.3 Å². The highest BCUT2D eigenvalue weighted by atomic mass is 16.3. The second kappa shape index (κ2) is 3.78. The van der Waals surface area contributed by atoms with E-state index < -0.39 is 0 Å². The predicted octanol–water partition coefficient (Wildman–Crippen LogP) is 0.244. The van der Waals surface area contributed by atoms with E-state index >= 15 is 0 Å². The van der Waals surface area contributed by atoms with Crippen LogP contribution in [0.1, 0.15) is 18.7 Å². The van der Waals surface area contributed by atoms with Crippen molar-refractivity contribution in [3.63, 3.8) is 0 Å². The first-order chi connectivity index (χ1) is 7.16. The Morgan fingerprint density at radius 1 is 1.40 bits per heavy atom. The van der Waals surface area contributed by atoms with E-state index in [1.54, 1.807) is 12.1 Å². The minimum Gasteiger partial charge on any atom is -0.508 e. The number of aromatic hydroxyl groups is 1. The van der Waals surface area contributed by atoms with Gasteiger partial charge in [-0.25, -0.2) is 4.99 Å². The fraction of sp³-hybridized carbons (Fsp3) is 0.300. The molecule has 1 aromatic carbocycles. The Morgan fingerprint density at radius 3 is 2.80 bits per heavy atom. The summed E-state index contributed by atoms with van der Waals surface area (Å²) in [5.74, 6) is 0.607. The van der Waals surface area contributed by atoms with Crippen molar-refractivity contribution in [1.29, 1.82) is 0 Å². The molecule has 5 heteroatoms. The van der Waals surface area contributed by atoms with E-state index in [1.807, 2.05) is 19.1 Å². The summed E-state index contributed by atoms with van der Waals surface area (Å²) in [5, 5.41) is 15.8. The first kappa shape index (κ1) is 9.79. The van der Waals surface area contributed by atoms with Crippen molar-refractivity contribution in [2.24, 2.45) is 10.7 Å². The molecule has 0 amide bonds. The molecule has 2 unspecified atom stereocenters.